The first kappa shape index (κ1) is 17.1. The van der Waals surface area contributed by atoms with Gasteiger partial charge in [0.2, 0.25) is 4.84 Å². The Labute approximate surface area is 111 Å². The van der Waals surface area contributed by atoms with E-state index in [1.54, 1.807) is 0 Å². The summed E-state index contributed by atoms with van der Waals surface area (Å²) in [6, 6.07) is 0. The third-order valence-electron chi connectivity index (χ3n) is 1.83. The molecule has 0 unspecified atom stereocenters. The number of hydrogen-bond donors (Lipinski definition) is 4. The zero-order valence-corrected chi connectivity index (χ0v) is 10.2. The van der Waals surface area contributed by atoms with E-state index in [1.807, 2.05) is 0 Å². The van der Waals surface area contributed by atoms with Crippen molar-refractivity contribution < 1.29 is 39.5 Å². The third kappa shape index (κ3) is 4.75. The number of hydrogen-bond acceptors (Lipinski definition) is 7. The van der Waals surface area contributed by atoms with Gasteiger partial charge in [-0.3, -0.25) is 4.79 Å². The second-order valence-electron chi connectivity index (χ2n) is 3.10. The first-order valence-corrected chi connectivity index (χ1v) is 5.30. The Balaban J connectivity index is 4.70. The number of aldehydes is 1. The van der Waals surface area contributed by atoms with E-state index in [0.29, 0.717) is 0 Å². The Hall–Kier alpha value is -0.930. The number of carbonyl (C=O) groups is 3. The smallest absolute Gasteiger partial charge is 0.340 e. The minimum absolute atomic E-state index is 0.0729. The highest BCUT2D eigenvalue weighted by Gasteiger charge is 2.37. The number of halogens is 2. The van der Waals surface area contributed by atoms with Crippen LogP contribution in [0, 0.1) is 0 Å². The molecular formula is C8H10Cl2O8. The Bertz CT molecular complexity index is 320. The molecule has 0 aromatic heterocycles. The highest BCUT2D eigenvalue weighted by molar-refractivity contribution is 6.52. The van der Waals surface area contributed by atoms with Gasteiger partial charge in [-0.05, 0) is 0 Å². The molecule has 104 valence electrons. The van der Waals surface area contributed by atoms with Crippen LogP contribution in [0.1, 0.15) is 0 Å². The fraction of sp³-hybridized carbons (Fsp3) is 0.625. The number of carbonyl (C=O) groups excluding carboxylic acids is 2. The lowest BCUT2D eigenvalue weighted by molar-refractivity contribution is -0.172. The van der Waals surface area contributed by atoms with Gasteiger partial charge < -0.3 is 25.2 Å². The molecule has 0 fully saturated rings. The number of aliphatic hydroxyl groups is 3. The maximum absolute atomic E-state index is 10.9. The summed E-state index contributed by atoms with van der Waals surface area (Å²) in [6.45, 7) is 0. The Kier molecular flexibility index (Phi) is 7.11. The molecule has 0 aliphatic heterocycles. The molecule has 0 rings (SSSR count). The van der Waals surface area contributed by atoms with E-state index in [2.05, 4.69) is 4.74 Å². The number of ether oxygens (including phenoxy) is 1. The molecule has 0 radical (unpaired) electrons. The van der Waals surface area contributed by atoms with Gasteiger partial charge in [-0.2, -0.15) is 0 Å². The van der Waals surface area contributed by atoms with Crippen LogP contribution >= 0.6 is 23.2 Å². The van der Waals surface area contributed by atoms with Gasteiger partial charge in [-0.1, -0.05) is 23.2 Å². The number of carboxylic acids is 1. The van der Waals surface area contributed by atoms with Crippen molar-refractivity contribution in [3.63, 3.8) is 0 Å². The van der Waals surface area contributed by atoms with E-state index in [4.69, 9.17) is 33.4 Å². The lowest BCUT2D eigenvalue weighted by Crippen LogP contribution is -2.49. The lowest BCUT2D eigenvalue weighted by Gasteiger charge is -2.24. The average molecular weight is 305 g/mol. The second kappa shape index (κ2) is 7.49. The monoisotopic (exact) mass is 304 g/mol. The van der Waals surface area contributed by atoms with Gasteiger partial charge in [0, 0.05) is 0 Å². The van der Waals surface area contributed by atoms with Crippen LogP contribution in [-0.4, -0.2) is 67.9 Å². The van der Waals surface area contributed by atoms with Crippen molar-refractivity contribution in [2.24, 2.45) is 0 Å². The van der Waals surface area contributed by atoms with Crippen LogP contribution < -0.4 is 0 Å². The molecular weight excluding hydrogens is 295 g/mol. The third-order valence-corrected chi connectivity index (χ3v) is 2.18. The maximum atomic E-state index is 10.9. The molecule has 4 atom stereocenters. The summed E-state index contributed by atoms with van der Waals surface area (Å²) in [6.07, 6.45) is -8.74. The second-order valence-corrected chi connectivity index (χ2v) is 4.20. The fourth-order valence-corrected chi connectivity index (χ4v) is 0.994. The molecule has 0 aliphatic carbocycles. The molecule has 0 aliphatic rings. The average Bonchev–Trinajstić information content (AvgIpc) is 2.32. The van der Waals surface area contributed by atoms with Gasteiger partial charge in [0.15, 0.2) is 18.5 Å². The van der Waals surface area contributed by atoms with Crippen LogP contribution in [0.4, 0.5) is 0 Å². The van der Waals surface area contributed by atoms with Crippen LogP contribution in [0.15, 0.2) is 0 Å². The Morgan fingerprint density at radius 1 is 1.11 bits per heavy atom. The minimum atomic E-state index is -2.36. The van der Waals surface area contributed by atoms with Gasteiger partial charge in [0.05, 0.1) is 0 Å². The van der Waals surface area contributed by atoms with Gasteiger partial charge in [-0.15, -0.1) is 0 Å². The first-order valence-electron chi connectivity index (χ1n) is 4.43. The topological polar surface area (TPSA) is 141 Å². The number of aliphatic hydroxyl groups excluding tert-OH is 3. The fourth-order valence-electron chi connectivity index (χ4n) is 0.891. The summed E-state index contributed by atoms with van der Waals surface area (Å²) in [5.41, 5.74) is 0. The van der Waals surface area contributed by atoms with E-state index in [0.717, 1.165) is 0 Å². The van der Waals surface area contributed by atoms with E-state index >= 15 is 0 Å². The van der Waals surface area contributed by atoms with Crippen molar-refractivity contribution in [3.05, 3.63) is 0 Å². The summed E-state index contributed by atoms with van der Waals surface area (Å²) in [5.74, 6) is -3.10. The molecule has 0 spiro atoms. The predicted molar refractivity (Wildman–Crippen MR) is 57.1 cm³/mol. The summed E-state index contributed by atoms with van der Waals surface area (Å²) < 4.78 is 4.29. The molecule has 0 bridgehead atoms. The highest BCUT2D eigenvalue weighted by atomic mass is 35.5. The lowest BCUT2D eigenvalue weighted by atomic mass is 10.0. The van der Waals surface area contributed by atoms with E-state index in [-0.39, 0.29) is 6.29 Å². The van der Waals surface area contributed by atoms with Crippen LogP contribution in [0.3, 0.4) is 0 Å². The van der Waals surface area contributed by atoms with Crippen LogP contribution in [0.2, 0.25) is 0 Å². The highest BCUT2D eigenvalue weighted by Crippen LogP contribution is 2.11. The molecule has 0 saturated carbocycles. The number of carboxylic acid groups (broad SMARTS) is 1. The quantitative estimate of drug-likeness (QED) is 0.242. The zero-order valence-electron chi connectivity index (χ0n) is 8.64. The normalized spacial score (nSPS) is 17.7. The van der Waals surface area contributed by atoms with Gasteiger partial charge in [-0.25, -0.2) is 9.59 Å². The first-order chi connectivity index (χ1) is 8.22. The molecule has 0 heterocycles. The van der Waals surface area contributed by atoms with E-state index in [1.165, 1.54) is 0 Å². The van der Waals surface area contributed by atoms with Crippen molar-refractivity contribution in [1.29, 1.82) is 0 Å². The van der Waals surface area contributed by atoms with Crippen LogP contribution in [0.5, 0.6) is 0 Å². The van der Waals surface area contributed by atoms with Gasteiger partial charge in [0.25, 0.3) is 0 Å². The van der Waals surface area contributed by atoms with Gasteiger partial charge >= 0.3 is 11.9 Å². The maximum Gasteiger partial charge on any atom is 0.340 e. The molecule has 0 amide bonds. The summed E-state index contributed by atoms with van der Waals surface area (Å²) >= 11 is 10.2. The SMILES string of the molecule is O=C[C@H](OC(=O)C(Cl)Cl)[C@@H](O)[C@H](O)[C@H](O)C(=O)O. The van der Waals surface area contributed by atoms with Crippen molar-refractivity contribution >= 4 is 41.4 Å². The standard InChI is InChI=1S/C8H10Cl2O8/c9-6(10)8(17)18-2(1-11)3(12)4(13)5(14)7(15)16/h1-6,12-14H,(H,15,16)/t2-,3+,4-,5-/m0/s1. The Morgan fingerprint density at radius 3 is 1.94 bits per heavy atom. The van der Waals surface area contributed by atoms with Gasteiger partial charge in [0.1, 0.15) is 12.2 Å². The largest absolute Gasteiger partial charge is 0.479 e. The summed E-state index contributed by atoms with van der Waals surface area (Å²) in [4.78, 5) is 30.2. The molecule has 0 aromatic carbocycles. The van der Waals surface area contributed by atoms with Crippen molar-refractivity contribution in [1.82, 2.24) is 0 Å². The van der Waals surface area contributed by atoms with Crippen molar-refractivity contribution in [3.8, 4) is 0 Å². The number of esters is 1. The molecule has 0 aromatic rings. The number of aliphatic carboxylic acids is 1. The number of rotatable bonds is 7. The van der Waals surface area contributed by atoms with E-state index in [9.17, 15) is 24.6 Å². The molecule has 18 heavy (non-hydrogen) atoms. The predicted octanol–water partition coefficient (Wildman–Crippen LogP) is -1.93. The van der Waals surface area contributed by atoms with Crippen molar-refractivity contribution in [2.45, 2.75) is 29.3 Å². The molecule has 10 heteroatoms. The van der Waals surface area contributed by atoms with Crippen LogP contribution in [0.25, 0.3) is 0 Å². The molecule has 0 saturated heterocycles. The summed E-state index contributed by atoms with van der Waals surface area (Å²) in [7, 11) is 0. The zero-order chi connectivity index (χ0) is 14.5. The molecule has 4 N–H and O–H groups in total. The Morgan fingerprint density at radius 2 is 1.61 bits per heavy atom. The van der Waals surface area contributed by atoms with E-state index < -0.39 is 41.2 Å². The van der Waals surface area contributed by atoms with Crippen molar-refractivity contribution in [2.75, 3.05) is 0 Å². The summed E-state index contributed by atoms with van der Waals surface area (Å²) in [5, 5.41) is 35.9. The minimum Gasteiger partial charge on any atom is -0.479 e. The van der Waals surface area contributed by atoms with Crippen LogP contribution in [-0.2, 0) is 19.1 Å². The molecule has 8 nitrogen and oxygen atoms in total. The number of alkyl halides is 2.